The summed E-state index contributed by atoms with van der Waals surface area (Å²) >= 11 is 0. The van der Waals surface area contributed by atoms with Gasteiger partial charge in [0.15, 0.2) is 0 Å². The molecular formula is C12H19N3O3. The molecule has 2 saturated heterocycles. The van der Waals surface area contributed by atoms with Crippen molar-refractivity contribution in [2.45, 2.75) is 32.2 Å². The van der Waals surface area contributed by atoms with E-state index in [-0.39, 0.29) is 30.3 Å². The van der Waals surface area contributed by atoms with Crippen LogP contribution in [0.3, 0.4) is 0 Å². The maximum atomic E-state index is 12.2. The summed E-state index contributed by atoms with van der Waals surface area (Å²) < 4.78 is 0. The van der Waals surface area contributed by atoms with Gasteiger partial charge >= 0.3 is 0 Å². The first-order valence-corrected chi connectivity index (χ1v) is 6.48. The summed E-state index contributed by atoms with van der Waals surface area (Å²) in [5.41, 5.74) is 0. The number of carbonyl (C=O) groups excluding carboxylic acids is 3. The predicted molar refractivity (Wildman–Crippen MR) is 64.6 cm³/mol. The van der Waals surface area contributed by atoms with E-state index in [0.29, 0.717) is 32.5 Å². The molecule has 0 bridgehead atoms. The molecule has 0 aromatic rings. The SMILES string of the molecule is CCC1C(=O)NCCN1C(=O)CN1CCCC1=O. The van der Waals surface area contributed by atoms with E-state index in [0.717, 1.165) is 6.42 Å². The van der Waals surface area contributed by atoms with E-state index in [4.69, 9.17) is 0 Å². The van der Waals surface area contributed by atoms with Crippen molar-refractivity contribution in [2.24, 2.45) is 0 Å². The van der Waals surface area contributed by atoms with Gasteiger partial charge in [-0.1, -0.05) is 6.92 Å². The van der Waals surface area contributed by atoms with Crippen molar-refractivity contribution < 1.29 is 14.4 Å². The Morgan fingerprint density at radius 1 is 1.39 bits per heavy atom. The molecule has 0 spiro atoms. The smallest absolute Gasteiger partial charge is 0.242 e. The normalized spacial score (nSPS) is 24.4. The molecule has 6 heteroatoms. The van der Waals surface area contributed by atoms with Crippen molar-refractivity contribution in [2.75, 3.05) is 26.2 Å². The van der Waals surface area contributed by atoms with Crippen LogP contribution in [0.25, 0.3) is 0 Å². The van der Waals surface area contributed by atoms with Gasteiger partial charge in [0, 0.05) is 26.1 Å². The van der Waals surface area contributed by atoms with Gasteiger partial charge in [0.05, 0.1) is 6.54 Å². The molecule has 2 fully saturated rings. The number of piperazine rings is 1. The van der Waals surface area contributed by atoms with Crippen molar-refractivity contribution >= 4 is 17.7 Å². The fourth-order valence-electron chi connectivity index (χ4n) is 2.54. The molecular weight excluding hydrogens is 234 g/mol. The van der Waals surface area contributed by atoms with Crippen LogP contribution in [0.2, 0.25) is 0 Å². The first-order chi connectivity index (χ1) is 8.63. The standard InChI is InChI=1S/C12H19N3O3/c1-2-9-12(18)13-5-7-15(9)11(17)8-14-6-3-4-10(14)16/h9H,2-8H2,1H3,(H,13,18). The Kier molecular flexibility index (Phi) is 3.84. The average Bonchev–Trinajstić information content (AvgIpc) is 2.74. The Bertz CT molecular complexity index is 370. The Morgan fingerprint density at radius 3 is 2.78 bits per heavy atom. The number of hydrogen-bond acceptors (Lipinski definition) is 3. The van der Waals surface area contributed by atoms with Crippen LogP contribution in [0.5, 0.6) is 0 Å². The average molecular weight is 253 g/mol. The summed E-state index contributed by atoms with van der Waals surface area (Å²) in [6.45, 7) is 3.68. The number of carbonyl (C=O) groups is 3. The molecule has 6 nitrogen and oxygen atoms in total. The third kappa shape index (κ3) is 2.47. The number of hydrogen-bond donors (Lipinski definition) is 1. The summed E-state index contributed by atoms with van der Waals surface area (Å²) in [4.78, 5) is 38.5. The van der Waals surface area contributed by atoms with Crippen molar-refractivity contribution in [3.8, 4) is 0 Å². The Labute approximate surface area is 106 Å². The second kappa shape index (κ2) is 5.37. The highest BCUT2D eigenvalue weighted by atomic mass is 16.2. The van der Waals surface area contributed by atoms with Gasteiger partial charge in [0.25, 0.3) is 0 Å². The largest absolute Gasteiger partial charge is 0.353 e. The Morgan fingerprint density at radius 2 is 2.17 bits per heavy atom. The molecule has 2 aliphatic heterocycles. The molecule has 0 aromatic heterocycles. The van der Waals surface area contributed by atoms with Crippen LogP contribution in [0.15, 0.2) is 0 Å². The first-order valence-electron chi connectivity index (χ1n) is 6.48. The molecule has 2 rings (SSSR count). The predicted octanol–water partition coefficient (Wildman–Crippen LogP) is -0.654. The summed E-state index contributed by atoms with van der Waals surface area (Å²) in [6, 6.07) is -0.385. The van der Waals surface area contributed by atoms with Crippen molar-refractivity contribution in [3.63, 3.8) is 0 Å². The number of rotatable bonds is 3. The van der Waals surface area contributed by atoms with E-state index in [2.05, 4.69) is 5.32 Å². The lowest BCUT2D eigenvalue weighted by Crippen LogP contribution is -2.58. The lowest BCUT2D eigenvalue weighted by atomic mass is 10.1. The molecule has 0 radical (unpaired) electrons. The minimum absolute atomic E-state index is 0.0397. The summed E-state index contributed by atoms with van der Waals surface area (Å²) in [6.07, 6.45) is 1.96. The van der Waals surface area contributed by atoms with Crippen LogP contribution in [-0.2, 0) is 14.4 Å². The van der Waals surface area contributed by atoms with Gasteiger partial charge in [-0.25, -0.2) is 0 Å². The number of amides is 3. The van der Waals surface area contributed by atoms with Crippen molar-refractivity contribution in [1.29, 1.82) is 0 Å². The lowest BCUT2D eigenvalue weighted by Gasteiger charge is -2.35. The third-order valence-electron chi connectivity index (χ3n) is 3.54. The van der Waals surface area contributed by atoms with Gasteiger partial charge in [0.1, 0.15) is 6.04 Å². The van der Waals surface area contributed by atoms with E-state index in [9.17, 15) is 14.4 Å². The zero-order valence-electron chi connectivity index (χ0n) is 10.6. The molecule has 0 aromatic carbocycles. The molecule has 1 N–H and O–H groups in total. The van der Waals surface area contributed by atoms with E-state index in [1.807, 2.05) is 6.92 Å². The second-order valence-corrected chi connectivity index (χ2v) is 4.72. The number of nitrogens with one attached hydrogen (secondary N) is 1. The Balaban J connectivity index is 1.98. The van der Waals surface area contributed by atoms with Gasteiger partial charge in [-0.2, -0.15) is 0 Å². The number of nitrogens with zero attached hydrogens (tertiary/aromatic N) is 2. The van der Waals surface area contributed by atoms with Gasteiger partial charge < -0.3 is 15.1 Å². The minimum atomic E-state index is -0.385. The second-order valence-electron chi connectivity index (χ2n) is 4.72. The van der Waals surface area contributed by atoms with Crippen molar-refractivity contribution in [3.05, 3.63) is 0 Å². The van der Waals surface area contributed by atoms with E-state index in [1.54, 1.807) is 9.80 Å². The quantitative estimate of drug-likeness (QED) is 0.726. The van der Waals surface area contributed by atoms with E-state index >= 15 is 0 Å². The molecule has 1 atom stereocenters. The van der Waals surface area contributed by atoms with Crippen LogP contribution in [0, 0.1) is 0 Å². The summed E-state index contributed by atoms with van der Waals surface area (Å²) in [7, 11) is 0. The molecule has 18 heavy (non-hydrogen) atoms. The van der Waals surface area contributed by atoms with Crippen LogP contribution < -0.4 is 5.32 Å². The van der Waals surface area contributed by atoms with Crippen LogP contribution >= 0.6 is 0 Å². The lowest BCUT2D eigenvalue weighted by molar-refractivity contribution is -0.146. The molecule has 3 amide bonds. The van der Waals surface area contributed by atoms with Gasteiger partial charge in [-0.3, -0.25) is 14.4 Å². The van der Waals surface area contributed by atoms with Gasteiger partial charge in [-0.15, -0.1) is 0 Å². The summed E-state index contributed by atoms with van der Waals surface area (Å²) in [5.74, 6) is -0.172. The topological polar surface area (TPSA) is 69.7 Å². The van der Waals surface area contributed by atoms with Gasteiger partial charge in [-0.05, 0) is 12.8 Å². The Hall–Kier alpha value is -1.59. The van der Waals surface area contributed by atoms with Crippen LogP contribution in [0.1, 0.15) is 26.2 Å². The molecule has 2 aliphatic rings. The highest BCUT2D eigenvalue weighted by Gasteiger charge is 2.33. The monoisotopic (exact) mass is 253 g/mol. The van der Waals surface area contributed by atoms with E-state index in [1.165, 1.54) is 0 Å². The van der Waals surface area contributed by atoms with E-state index < -0.39 is 0 Å². The third-order valence-corrected chi connectivity index (χ3v) is 3.54. The fraction of sp³-hybridized carbons (Fsp3) is 0.750. The molecule has 2 heterocycles. The molecule has 0 aliphatic carbocycles. The first kappa shape index (κ1) is 12.9. The highest BCUT2D eigenvalue weighted by molar-refractivity contribution is 5.91. The minimum Gasteiger partial charge on any atom is -0.353 e. The molecule has 100 valence electrons. The van der Waals surface area contributed by atoms with Gasteiger partial charge in [0.2, 0.25) is 17.7 Å². The highest BCUT2D eigenvalue weighted by Crippen LogP contribution is 2.13. The van der Waals surface area contributed by atoms with Crippen molar-refractivity contribution in [1.82, 2.24) is 15.1 Å². The maximum Gasteiger partial charge on any atom is 0.242 e. The molecule has 1 unspecified atom stereocenters. The zero-order valence-corrected chi connectivity index (χ0v) is 10.6. The summed E-state index contributed by atoms with van der Waals surface area (Å²) in [5, 5.41) is 2.76. The van der Waals surface area contributed by atoms with Crippen LogP contribution in [-0.4, -0.2) is 59.7 Å². The number of likely N-dealkylation sites (tertiary alicyclic amines) is 1. The fourth-order valence-corrected chi connectivity index (χ4v) is 2.54. The maximum absolute atomic E-state index is 12.2. The zero-order chi connectivity index (χ0) is 13.1. The molecule has 0 saturated carbocycles. The van der Waals surface area contributed by atoms with Crippen LogP contribution in [0.4, 0.5) is 0 Å².